The Bertz CT molecular complexity index is 923. The normalized spacial score (nSPS) is 12.3. The van der Waals surface area contributed by atoms with Gasteiger partial charge in [-0.3, -0.25) is 4.99 Å². The maximum absolute atomic E-state index is 5.08. The summed E-state index contributed by atoms with van der Waals surface area (Å²) in [5, 5.41) is 5.06. The van der Waals surface area contributed by atoms with Gasteiger partial charge < -0.3 is 5.32 Å². The quantitative estimate of drug-likeness (QED) is 0.232. The number of benzene rings is 2. The number of hydrogen-bond donors (Lipinski definition) is 0. The van der Waals surface area contributed by atoms with Gasteiger partial charge in [0.15, 0.2) is 0 Å². The second-order valence-corrected chi connectivity index (χ2v) is 10.1. The van der Waals surface area contributed by atoms with Crippen molar-refractivity contribution in [3.05, 3.63) is 75.7 Å². The van der Waals surface area contributed by atoms with Gasteiger partial charge in [0.2, 0.25) is 0 Å². The Morgan fingerprint density at radius 2 is 1.39 bits per heavy atom. The molecule has 33 heavy (non-hydrogen) atoms. The zero-order chi connectivity index (χ0) is 25.1. The van der Waals surface area contributed by atoms with Crippen molar-refractivity contribution in [1.82, 2.24) is 0 Å². The number of thioether (sulfide) groups is 1. The Hall–Kier alpha value is -1.19. The summed E-state index contributed by atoms with van der Waals surface area (Å²) in [5.41, 5.74) is 9.45. The van der Waals surface area contributed by atoms with Crippen molar-refractivity contribution < 1.29 is 15.1 Å². The van der Waals surface area contributed by atoms with Crippen LogP contribution in [0.3, 0.4) is 0 Å². The van der Waals surface area contributed by atoms with Gasteiger partial charge in [0.1, 0.15) is 0 Å². The number of allylic oxidation sites excluding steroid dienone is 2. The molecule has 2 nitrogen and oxygen atoms in total. The molecule has 0 unspecified atom stereocenters. The summed E-state index contributed by atoms with van der Waals surface area (Å²) in [6.45, 7) is 17.6. The summed E-state index contributed by atoms with van der Waals surface area (Å²) in [4.78, 5) is 5.08. The summed E-state index contributed by atoms with van der Waals surface area (Å²) >= 11 is 5.50. The van der Waals surface area contributed by atoms with Crippen LogP contribution in [-0.2, 0) is 20.9 Å². The molecule has 0 bridgehead atoms. The zero-order valence-electron chi connectivity index (χ0n) is 21.5. The molecule has 185 valence electrons. The fourth-order valence-corrected chi connectivity index (χ4v) is 4.39. The summed E-state index contributed by atoms with van der Waals surface area (Å²) in [5.74, 6) is 2.29. The van der Waals surface area contributed by atoms with Crippen LogP contribution in [0.1, 0.15) is 95.4 Å². The summed E-state index contributed by atoms with van der Waals surface area (Å²) < 4.78 is 0. The number of nitrogens with zero attached hydrogens (tertiary/aromatic N) is 2. The molecule has 0 N–H and O–H groups in total. The van der Waals surface area contributed by atoms with E-state index in [1.54, 1.807) is 0 Å². The van der Waals surface area contributed by atoms with Crippen LogP contribution in [0.4, 0.5) is 11.4 Å². The first-order valence-corrected chi connectivity index (χ1v) is 14.1. The Morgan fingerprint density at radius 1 is 0.909 bits per heavy atom. The first-order valence-electron chi connectivity index (χ1n) is 11.5. The van der Waals surface area contributed by atoms with Gasteiger partial charge >= 0.3 is 25.2 Å². The molecule has 0 aliphatic carbocycles. The number of halogens is 1. The Labute approximate surface area is 219 Å². The molecule has 0 saturated heterocycles. The van der Waals surface area contributed by atoms with Crippen LogP contribution in [0.5, 0.6) is 0 Å². The predicted octanol–water partition coefficient (Wildman–Crippen LogP) is 10.3. The van der Waals surface area contributed by atoms with E-state index in [1.165, 1.54) is 22.3 Å². The van der Waals surface area contributed by atoms with Crippen LogP contribution >= 0.6 is 21.9 Å². The van der Waals surface area contributed by atoms with E-state index in [1.807, 2.05) is 11.8 Å². The molecule has 0 saturated carbocycles. The monoisotopic (exact) mass is 533 g/mol. The van der Waals surface area contributed by atoms with Crippen LogP contribution in [0, 0.1) is 0 Å². The van der Waals surface area contributed by atoms with E-state index in [4.69, 9.17) is 10.3 Å². The van der Waals surface area contributed by atoms with Gasteiger partial charge in [-0.2, -0.15) is 17.5 Å². The van der Waals surface area contributed by atoms with E-state index in [2.05, 4.69) is 129 Å². The number of rotatable bonds is 9. The van der Waals surface area contributed by atoms with Gasteiger partial charge in [-0.15, -0.1) is 5.69 Å². The maximum atomic E-state index is 5.08. The van der Waals surface area contributed by atoms with Crippen molar-refractivity contribution in [2.45, 2.75) is 78.9 Å². The van der Waals surface area contributed by atoms with Crippen molar-refractivity contribution >= 4 is 38.9 Å². The first-order chi connectivity index (χ1) is 15.6. The molecule has 0 atom stereocenters. The summed E-state index contributed by atoms with van der Waals surface area (Å²) in [7, 11) is 4.20. The first kappa shape index (κ1) is 29.8. The summed E-state index contributed by atoms with van der Waals surface area (Å²) in [6, 6.07) is 13.1. The van der Waals surface area contributed by atoms with E-state index in [9.17, 15) is 0 Å². The van der Waals surface area contributed by atoms with Crippen molar-refractivity contribution in [3.8, 4) is 0 Å². The minimum absolute atomic E-state index is 0.437. The molecule has 0 amide bonds. The zero-order valence-corrected chi connectivity index (χ0v) is 24.0. The van der Waals surface area contributed by atoms with Crippen molar-refractivity contribution in [2.24, 2.45) is 4.99 Å². The molecule has 0 spiro atoms. The van der Waals surface area contributed by atoms with E-state index in [-0.39, 0.29) is 0 Å². The molecular weight excluding hydrogens is 495 g/mol. The third-order valence-corrected chi connectivity index (χ3v) is 6.01. The molecule has 2 aromatic rings. The molecular formula is C28H39ClCuN2S. The van der Waals surface area contributed by atoms with Gasteiger partial charge in [0.25, 0.3) is 0 Å². The predicted molar refractivity (Wildman–Crippen MR) is 148 cm³/mol. The topological polar surface area (TPSA) is 26.5 Å². The molecule has 0 heterocycles. The fraction of sp³-hybridized carbons (Fsp3) is 0.464. The molecule has 0 radical (unpaired) electrons. The van der Waals surface area contributed by atoms with Gasteiger partial charge in [-0.1, -0.05) is 102 Å². The molecule has 0 aliphatic rings. The van der Waals surface area contributed by atoms with Crippen LogP contribution < -0.4 is 0 Å². The van der Waals surface area contributed by atoms with Gasteiger partial charge in [-0.25, -0.2) is 0 Å². The number of hydrogen-bond acceptors (Lipinski definition) is 2. The van der Waals surface area contributed by atoms with Gasteiger partial charge in [-0.05, 0) is 42.1 Å². The minimum atomic E-state index is 0.437. The van der Waals surface area contributed by atoms with Crippen molar-refractivity contribution in [1.29, 1.82) is 0 Å². The summed E-state index contributed by atoms with van der Waals surface area (Å²) in [6.07, 6.45) is 4.25. The third-order valence-electron chi connectivity index (χ3n) is 5.41. The standard InChI is InChI=1S/C28H39N2S.ClH.Cu/c1-18(2)24-13-10-12-23(17-31-9)27(24)29-21(7)16-22(8)30-28-25(19(3)4)14-11-15-26(28)20(5)6;;/h10-16,18-20H,17H2,1-9H3;1H;/q-1;;+2/p-1/b21-16-,30-22?;;. The molecule has 2 aromatic carbocycles. The van der Waals surface area contributed by atoms with Crippen LogP contribution in [0.2, 0.25) is 0 Å². The second-order valence-electron chi connectivity index (χ2n) is 9.19. The fourth-order valence-electron chi connectivity index (χ4n) is 3.85. The Kier molecular flexibility index (Phi) is 13.5. The Morgan fingerprint density at radius 3 is 1.88 bits per heavy atom. The van der Waals surface area contributed by atoms with Crippen molar-refractivity contribution in [2.75, 3.05) is 6.26 Å². The number of para-hydroxylation sites is 2. The number of aliphatic imine (C=N–C) groups is 1. The average Bonchev–Trinajstić information content (AvgIpc) is 2.75. The van der Waals surface area contributed by atoms with E-state index < -0.39 is 0 Å². The molecule has 5 heteroatoms. The van der Waals surface area contributed by atoms with Gasteiger partial charge in [0, 0.05) is 11.5 Å². The second kappa shape index (κ2) is 14.9. The molecule has 0 aliphatic heterocycles. The molecule has 2 rings (SSSR count). The van der Waals surface area contributed by atoms with E-state index in [0.29, 0.717) is 17.8 Å². The van der Waals surface area contributed by atoms with Crippen LogP contribution in [-0.4, -0.2) is 12.0 Å². The van der Waals surface area contributed by atoms with Crippen LogP contribution in [0.15, 0.2) is 53.2 Å². The molecule has 0 aromatic heterocycles. The SMILES string of the molecule is CSCc1cccc(C(C)C)c1[N-]/C(C)=C\C(C)=Nc1c(C(C)C)cccc1C(C)C.[Cl][Cu+]. The van der Waals surface area contributed by atoms with Crippen LogP contribution in [0.25, 0.3) is 5.32 Å². The third kappa shape index (κ3) is 8.83. The van der Waals surface area contributed by atoms with Crippen molar-refractivity contribution in [3.63, 3.8) is 0 Å². The Balaban J connectivity index is 0.00000265. The van der Waals surface area contributed by atoms with E-state index >= 15 is 0 Å². The average molecular weight is 535 g/mol. The van der Waals surface area contributed by atoms with E-state index in [0.717, 1.165) is 28.5 Å². The van der Waals surface area contributed by atoms with Gasteiger partial charge in [0.05, 0.1) is 5.69 Å². The molecule has 0 fully saturated rings.